The number of rotatable bonds is 3. The standard InChI is InChI=1S/C10H14N4O2/c1-4-5-14-7(6-8(15)13(2)3)9(11)12-10(14)16/h1,7H,5-6H2,2-3H3,(H2,11,12,16). The maximum absolute atomic E-state index is 11.5. The van der Waals surface area contributed by atoms with E-state index in [-0.39, 0.29) is 24.7 Å². The first-order chi connectivity index (χ1) is 7.47. The molecule has 0 saturated carbocycles. The topological polar surface area (TPSA) is 79.0 Å². The van der Waals surface area contributed by atoms with Crippen LogP contribution in [0.3, 0.4) is 0 Å². The fraction of sp³-hybridized carbons (Fsp3) is 0.500. The molecule has 0 spiro atoms. The van der Waals surface area contributed by atoms with Crippen molar-refractivity contribution in [2.45, 2.75) is 12.5 Å². The first-order valence-corrected chi connectivity index (χ1v) is 4.75. The molecule has 3 amide bonds. The van der Waals surface area contributed by atoms with Gasteiger partial charge < -0.3 is 15.5 Å². The lowest BCUT2D eigenvalue weighted by Gasteiger charge is -2.22. The molecule has 86 valence electrons. The molecular weight excluding hydrogens is 208 g/mol. The van der Waals surface area contributed by atoms with E-state index in [4.69, 9.17) is 12.2 Å². The number of nitrogens with two attached hydrogens (primary N) is 1. The zero-order chi connectivity index (χ0) is 12.3. The van der Waals surface area contributed by atoms with E-state index >= 15 is 0 Å². The lowest BCUT2D eigenvalue weighted by molar-refractivity contribution is -0.129. The maximum atomic E-state index is 11.5. The van der Waals surface area contributed by atoms with Gasteiger partial charge in [0, 0.05) is 14.1 Å². The van der Waals surface area contributed by atoms with Crippen molar-refractivity contribution in [3.8, 4) is 12.3 Å². The highest BCUT2D eigenvalue weighted by Crippen LogP contribution is 2.14. The Morgan fingerprint density at radius 3 is 2.81 bits per heavy atom. The van der Waals surface area contributed by atoms with E-state index < -0.39 is 12.1 Å². The largest absolute Gasteiger partial charge is 0.385 e. The highest BCUT2D eigenvalue weighted by Gasteiger charge is 2.34. The van der Waals surface area contributed by atoms with Gasteiger partial charge in [-0.05, 0) is 0 Å². The van der Waals surface area contributed by atoms with Crippen molar-refractivity contribution in [1.29, 1.82) is 0 Å². The van der Waals surface area contributed by atoms with Crippen LogP contribution in [0.5, 0.6) is 0 Å². The summed E-state index contributed by atoms with van der Waals surface area (Å²) in [5.41, 5.74) is 5.59. The molecule has 16 heavy (non-hydrogen) atoms. The van der Waals surface area contributed by atoms with Crippen LogP contribution in [-0.2, 0) is 4.79 Å². The van der Waals surface area contributed by atoms with Gasteiger partial charge in [-0.15, -0.1) is 6.42 Å². The normalized spacial score (nSPS) is 19.3. The van der Waals surface area contributed by atoms with E-state index in [0.29, 0.717) is 0 Å². The summed E-state index contributed by atoms with van der Waals surface area (Å²) in [6.45, 7) is 0.106. The van der Waals surface area contributed by atoms with E-state index in [9.17, 15) is 9.59 Å². The van der Waals surface area contributed by atoms with Crippen LogP contribution < -0.4 is 5.73 Å². The SMILES string of the molecule is C#CCN1C(=O)N=C(N)C1CC(=O)N(C)C. The number of amides is 3. The molecule has 6 heteroatoms. The van der Waals surface area contributed by atoms with E-state index in [1.807, 2.05) is 0 Å². The van der Waals surface area contributed by atoms with Gasteiger partial charge in [-0.25, -0.2) is 4.79 Å². The Bertz CT molecular complexity index is 381. The zero-order valence-electron chi connectivity index (χ0n) is 9.30. The van der Waals surface area contributed by atoms with Crippen molar-refractivity contribution in [1.82, 2.24) is 9.80 Å². The van der Waals surface area contributed by atoms with Crippen LogP contribution in [0.15, 0.2) is 4.99 Å². The Labute approximate surface area is 94.1 Å². The summed E-state index contributed by atoms with van der Waals surface area (Å²) in [4.78, 5) is 29.2. The lowest BCUT2D eigenvalue weighted by atomic mass is 10.1. The molecule has 0 fully saturated rings. The number of terminal acetylenes is 1. The van der Waals surface area contributed by atoms with Gasteiger partial charge in [0.1, 0.15) is 11.9 Å². The molecule has 1 heterocycles. The Balaban J connectivity index is 2.77. The third-order valence-electron chi connectivity index (χ3n) is 2.32. The maximum Gasteiger partial charge on any atom is 0.346 e. The molecule has 0 saturated heterocycles. The van der Waals surface area contributed by atoms with Crippen molar-refractivity contribution < 1.29 is 9.59 Å². The molecule has 0 aliphatic carbocycles. The molecule has 6 nitrogen and oxygen atoms in total. The number of carbonyl (C=O) groups is 2. The summed E-state index contributed by atoms with van der Waals surface area (Å²) in [7, 11) is 3.27. The van der Waals surface area contributed by atoms with Crippen molar-refractivity contribution in [3.05, 3.63) is 0 Å². The minimum Gasteiger partial charge on any atom is -0.385 e. The summed E-state index contributed by atoms with van der Waals surface area (Å²) >= 11 is 0. The third kappa shape index (κ3) is 2.31. The van der Waals surface area contributed by atoms with Crippen molar-refractivity contribution in [2.24, 2.45) is 10.7 Å². The predicted molar refractivity (Wildman–Crippen MR) is 59.7 cm³/mol. The van der Waals surface area contributed by atoms with Crippen molar-refractivity contribution >= 4 is 17.8 Å². The van der Waals surface area contributed by atoms with Gasteiger partial charge >= 0.3 is 6.03 Å². The van der Waals surface area contributed by atoms with E-state index in [2.05, 4.69) is 10.9 Å². The van der Waals surface area contributed by atoms with E-state index in [1.54, 1.807) is 14.1 Å². The predicted octanol–water partition coefficient (Wildman–Crippen LogP) is -0.741. The van der Waals surface area contributed by atoms with Crippen LogP contribution in [0.1, 0.15) is 6.42 Å². The van der Waals surface area contributed by atoms with Crippen LogP contribution in [0.2, 0.25) is 0 Å². The van der Waals surface area contributed by atoms with Crippen molar-refractivity contribution in [3.63, 3.8) is 0 Å². The molecule has 0 aromatic carbocycles. The molecular formula is C10H14N4O2. The van der Waals surface area contributed by atoms with Crippen LogP contribution in [-0.4, -0.2) is 54.3 Å². The van der Waals surface area contributed by atoms with Gasteiger partial charge in [-0.2, -0.15) is 4.99 Å². The Hall–Kier alpha value is -2.03. The van der Waals surface area contributed by atoms with Gasteiger partial charge in [0.25, 0.3) is 0 Å². The number of hydrogen-bond donors (Lipinski definition) is 1. The van der Waals surface area contributed by atoms with Gasteiger partial charge in [0.05, 0.1) is 13.0 Å². The molecule has 0 aromatic rings. The molecule has 0 radical (unpaired) electrons. The first kappa shape index (κ1) is 12.0. The molecule has 1 atom stereocenters. The van der Waals surface area contributed by atoms with Crippen LogP contribution in [0, 0.1) is 12.3 Å². The Morgan fingerprint density at radius 2 is 2.31 bits per heavy atom. The summed E-state index contributed by atoms with van der Waals surface area (Å²) in [6, 6.07) is -0.995. The second-order valence-electron chi connectivity index (χ2n) is 3.66. The highest BCUT2D eigenvalue weighted by atomic mass is 16.2. The van der Waals surface area contributed by atoms with Gasteiger partial charge in [-0.3, -0.25) is 4.79 Å². The molecule has 2 N–H and O–H groups in total. The minimum absolute atomic E-state index is 0.106. The van der Waals surface area contributed by atoms with E-state index in [1.165, 1.54) is 9.80 Å². The number of urea groups is 1. The minimum atomic E-state index is -0.515. The van der Waals surface area contributed by atoms with Gasteiger partial charge in [-0.1, -0.05) is 5.92 Å². The first-order valence-electron chi connectivity index (χ1n) is 4.75. The number of nitrogens with zero attached hydrogens (tertiary/aromatic N) is 3. The number of aliphatic imine (C=N–C) groups is 1. The number of hydrogen-bond acceptors (Lipinski definition) is 3. The summed E-state index contributed by atoms with van der Waals surface area (Å²) in [6.07, 6.45) is 5.24. The van der Waals surface area contributed by atoms with Crippen molar-refractivity contribution in [2.75, 3.05) is 20.6 Å². The zero-order valence-corrected chi connectivity index (χ0v) is 9.30. The lowest BCUT2D eigenvalue weighted by Crippen LogP contribution is -2.43. The second kappa shape index (κ2) is 4.66. The summed E-state index contributed by atoms with van der Waals surface area (Å²) in [5.74, 6) is 2.37. The fourth-order valence-electron chi connectivity index (χ4n) is 1.38. The molecule has 0 bridgehead atoms. The van der Waals surface area contributed by atoms with Crippen LogP contribution in [0.25, 0.3) is 0 Å². The second-order valence-corrected chi connectivity index (χ2v) is 3.66. The summed E-state index contributed by atoms with van der Waals surface area (Å²) in [5, 5.41) is 0. The smallest absolute Gasteiger partial charge is 0.346 e. The average molecular weight is 222 g/mol. The molecule has 1 rings (SSSR count). The average Bonchev–Trinajstić information content (AvgIpc) is 2.45. The quantitative estimate of drug-likeness (QED) is 0.639. The summed E-state index contributed by atoms with van der Waals surface area (Å²) < 4.78 is 0. The third-order valence-corrected chi connectivity index (χ3v) is 2.32. The molecule has 1 aliphatic heterocycles. The monoisotopic (exact) mass is 222 g/mol. The Kier molecular flexibility index (Phi) is 3.51. The molecule has 1 unspecified atom stereocenters. The van der Waals surface area contributed by atoms with Gasteiger partial charge in [0.15, 0.2) is 0 Å². The molecule has 0 aromatic heterocycles. The number of carbonyl (C=O) groups excluding carboxylic acids is 2. The number of amidine groups is 1. The van der Waals surface area contributed by atoms with Crippen LogP contribution in [0.4, 0.5) is 4.79 Å². The fourth-order valence-corrected chi connectivity index (χ4v) is 1.38. The van der Waals surface area contributed by atoms with Crippen LogP contribution >= 0.6 is 0 Å². The molecule has 1 aliphatic rings. The highest BCUT2D eigenvalue weighted by molar-refractivity contribution is 6.04. The van der Waals surface area contributed by atoms with E-state index in [0.717, 1.165) is 0 Å². The van der Waals surface area contributed by atoms with Gasteiger partial charge in [0.2, 0.25) is 5.91 Å². The Morgan fingerprint density at radius 1 is 1.69 bits per heavy atom.